The second kappa shape index (κ2) is 6.32. The number of methoxy groups -OCH3 is 1. The summed E-state index contributed by atoms with van der Waals surface area (Å²) in [7, 11) is 1.66. The molecule has 2 rings (SSSR count). The van der Waals surface area contributed by atoms with Gasteiger partial charge in [0, 0.05) is 5.56 Å². The highest BCUT2D eigenvalue weighted by Gasteiger charge is 1.88. The Morgan fingerprint density at radius 1 is 0.944 bits per heavy atom. The largest absolute Gasteiger partial charge is 0.497 e. The maximum atomic E-state index is 5.09. The lowest BCUT2D eigenvalue weighted by Crippen LogP contribution is -1.81. The third-order valence-corrected chi connectivity index (χ3v) is 2.47. The van der Waals surface area contributed by atoms with Crippen LogP contribution in [0.15, 0.2) is 60.7 Å². The van der Waals surface area contributed by atoms with Crippen LogP contribution < -0.4 is 4.74 Å². The molecule has 0 amide bonds. The third kappa shape index (κ3) is 3.54. The van der Waals surface area contributed by atoms with Crippen LogP contribution in [0.2, 0.25) is 0 Å². The van der Waals surface area contributed by atoms with Gasteiger partial charge in [-0.25, -0.2) is 0 Å². The lowest BCUT2D eigenvalue weighted by Gasteiger charge is -1.97. The summed E-state index contributed by atoms with van der Waals surface area (Å²) in [4.78, 5) is 0. The molecule has 0 spiro atoms. The molecule has 2 aromatic rings. The second-order valence-electron chi connectivity index (χ2n) is 3.74. The maximum absolute atomic E-state index is 5.09. The van der Waals surface area contributed by atoms with E-state index in [9.17, 15) is 0 Å². The average molecular weight is 234 g/mol. The Kier molecular flexibility index (Phi) is 4.22. The first kappa shape index (κ1) is 12.0. The minimum Gasteiger partial charge on any atom is -0.497 e. The molecule has 2 aromatic carbocycles. The summed E-state index contributed by atoms with van der Waals surface area (Å²) in [5.74, 6) is 6.94. The van der Waals surface area contributed by atoms with Gasteiger partial charge >= 0.3 is 0 Å². The molecule has 0 N–H and O–H groups in total. The second-order valence-corrected chi connectivity index (χ2v) is 3.74. The molecule has 0 fully saturated rings. The Labute approximate surface area is 108 Å². The Morgan fingerprint density at radius 2 is 1.67 bits per heavy atom. The van der Waals surface area contributed by atoms with E-state index in [4.69, 9.17) is 4.74 Å². The van der Waals surface area contributed by atoms with Crippen LogP contribution in [0.25, 0.3) is 6.08 Å². The fourth-order valence-electron chi connectivity index (χ4n) is 1.50. The molecule has 0 saturated carbocycles. The molecule has 0 aliphatic rings. The number of hydrogen-bond acceptors (Lipinski definition) is 1. The van der Waals surface area contributed by atoms with Crippen LogP contribution in [0, 0.1) is 11.8 Å². The first-order valence-electron chi connectivity index (χ1n) is 5.76. The predicted octanol–water partition coefficient (Wildman–Crippen LogP) is 3.76. The van der Waals surface area contributed by atoms with E-state index in [0.717, 1.165) is 16.9 Å². The summed E-state index contributed by atoms with van der Waals surface area (Å²) >= 11 is 0. The molecule has 0 radical (unpaired) electrons. The molecule has 0 saturated heterocycles. The molecule has 88 valence electrons. The number of benzene rings is 2. The zero-order valence-corrected chi connectivity index (χ0v) is 10.3. The van der Waals surface area contributed by atoms with E-state index in [2.05, 4.69) is 11.8 Å². The molecule has 0 heterocycles. The Balaban J connectivity index is 2.01. The molecule has 0 aliphatic carbocycles. The van der Waals surface area contributed by atoms with Crippen LogP contribution in [-0.4, -0.2) is 7.11 Å². The van der Waals surface area contributed by atoms with Crippen molar-refractivity contribution in [3.05, 3.63) is 71.8 Å². The standard InChI is InChI=1S/C17H14O/c1-18-17-13-11-16(12-14-17)10-6-5-9-15-7-3-2-4-8-15/h2-5,7-9,11-14H,1H3/b9-5+. The molecule has 0 aromatic heterocycles. The first-order chi connectivity index (χ1) is 8.88. The summed E-state index contributed by atoms with van der Waals surface area (Å²) in [6, 6.07) is 17.8. The quantitative estimate of drug-likeness (QED) is 0.719. The van der Waals surface area contributed by atoms with Gasteiger partial charge in [-0.3, -0.25) is 0 Å². The Hall–Kier alpha value is -2.46. The highest BCUT2D eigenvalue weighted by molar-refractivity contribution is 5.53. The van der Waals surface area contributed by atoms with Crippen LogP contribution in [0.1, 0.15) is 11.1 Å². The SMILES string of the molecule is COc1ccc(C#C/C=C/c2ccccc2)cc1. The van der Waals surface area contributed by atoms with E-state index in [1.165, 1.54) is 0 Å². The molecule has 18 heavy (non-hydrogen) atoms. The van der Waals surface area contributed by atoms with Gasteiger partial charge in [0.05, 0.1) is 7.11 Å². The summed E-state index contributed by atoms with van der Waals surface area (Å²) in [6.45, 7) is 0. The number of rotatable bonds is 2. The van der Waals surface area contributed by atoms with E-state index in [-0.39, 0.29) is 0 Å². The van der Waals surface area contributed by atoms with Crippen molar-refractivity contribution in [2.24, 2.45) is 0 Å². The van der Waals surface area contributed by atoms with E-state index in [1.54, 1.807) is 7.11 Å². The van der Waals surface area contributed by atoms with Crippen molar-refractivity contribution < 1.29 is 4.74 Å². The normalized spacial score (nSPS) is 9.83. The highest BCUT2D eigenvalue weighted by Crippen LogP contribution is 2.10. The zero-order valence-electron chi connectivity index (χ0n) is 10.3. The fraction of sp³-hybridized carbons (Fsp3) is 0.0588. The molecular formula is C17H14O. The molecule has 1 heteroatoms. The smallest absolute Gasteiger partial charge is 0.118 e. The van der Waals surface area contributed by atoms with Gasteiger partial charge in [-0.15, -0.1) is 0 Å². The minimum absolute atomic E-state index is 0.848. The van der Waals surface area contributed by atoms with Crippen molar-refractivity contribution in [3.8, 4) is 17.6 Å². The molecular weight excluding hydrogens is 220 g/mol. The van der Waals surface area contributed by atoms with Gasteiger partial charge < -0.3 is 4.74 Å². The predicted molar refractivity (Wildman–Crippen MR) is 75.3 cm³/mol. The van der Waals surface area contributed by atoms with Crippen LogP contribution in [-0.2, 0) is 0 Å². The van der Waals surface area contributed by atoms with Gasteiger partial charge in [0.25, 0.3) is 0 Å². The minimum atomic E-state index is 0.848. The molecule has 0 aliphatic heterocycles. The summed E-state index contributed by atoms with van der Waals surface area (Å²) in [5, 5.41) is 0. The van der Waals surface area contributed by atoms with Crippen molar-refractivity contribution in [2.75, 3.05) is 7.11 Å². The lowest BCUT2D eigenvalue weighted by atomic mass is 10.2. The first-order valence-corrected chi connectivity index (χ1v) is 5.76. The lowest BCUT2D eigenvalue weighted by molar-refractivity contribution is 0.415. The van der Waals surface area contributed by atoms with E-state index in [0.29, 0.717) is 0 Å². The van der Waals surface area contributed by atoms with E-state index >= 15 is 0 Å². The van der Waals surface area contributed by atoms with Crippen molar-refractivity contribution in [3.63, 3.8) is 0 Å². The van der Waals surface area contributed by atoms with Crippen LogP contribution >= 0.6 is 0 Å². The summed E-state index contributed by atoms with van der Waals surface area (Å²) in [6.07, 6.45) is 3.86. The summed E-state index contributed by atoms with van der Waals surface area (Å²) in [5.41, 5.74) is 2.13. The molecule has 0 bridgehead atoms. The van der Waals surface area contributed by atoms with Gasteiger partial charge in [0.2, 0.25) is 0 Å². The highest BCUT2D eigenvalue weighted by atomic mass is 16.5. The van der Waals surface area contributed by atoms with Crippen LogP contribution in [0.3, 0.4) is 0 Å². The number of hydrogen-bond donors (Lipinski definition) is 0. The topological polar surface area (TPSA) is 9.23 Å². The zero-order chi connectivity index (χ0) is 12.6. The van der Waals surface area contributed by atoms with Crippen molar-refractivity contribution >= 4 is 6.08 Å². The molecule has 1 nitrogen and oxygen atoms in total. The maximum Gasteiger partial charge on any atom is 0.118 e. The number of allylic oxidation sites excluding steroid dienone is 1. The van der Waals surface area contributed by atoms with Crippen molar-refractivity contribution in [1.82, 2.24) is 0 Å². The van der Waals surface area contributed by atoms with Gasteiger partial charge in [-0.2, -0.15) is 0 Å². The van der Waals surface area contributed by atoms with E-state index < -0.39 is 0 Å². The molecule has 0 unspecified atom stereocenters. The number of ether oxygens (including phenoxy) is 1. The van der Waals surface area contributed by atoms with Crippen molar-refractivity contribution in [2.45, 2.75) is 0 Å². The van der Waals surface area contributed by atoms with Gasteiger partial charge in [-0.05, 0) is 42.0 Å². The summed E-state index contributed by atoms with van der Waals surface area (Å²) < 4.78 is 5.09. The third-order valence-electron chi connectivity index (χ3n) is 2.47. The van der Waals surface area contributed by atoms with Crippen LogP contribution in [0.5, 0.6) is 5.75 Å². The monoisotopic (exact) mass is 234 g/mol. The van der Waals surface area contributed by atoms with Gasteiger partial charge in [0.15, 0.2) is 0 Å². The van der Waals surface area contributed by atoms with Crippen LogP contribution in [0.4, 0.5) is 0 Å². The van der Waals surface area contributed by atoms with Gasteiger partial charge in [0.1, 0.15) is 5.75 Å². The van der Waals surface area contributed by atoms with Crippen molar-refractivity contribution in [1.29, 1.82) is 0 Å². The Bertz CT molecular complexity index is 569. The average Bonchev–Trinajstić information content (AvgIpc) is 2.45. The van der Waals surface area contributed by atoms with E-state index in [1.807, 2.05) is 66.7 Å². The fourth-order valence-corrected chi connectivity index (χ4v) is 1.50. The Morgan fingerprint density at radius 3 is 2.33 bits per heavy atom. The molecule has 0 atom stereocenters. The van der Waals surface area contributed by atoms with Gasteiger partial charge in [-0.1, -0.05) is 42.2 Å².